The summed E-state index contributed by atoms with van der Waals surface area (Å²) < 4.78 is 0. The normalized spacial score (nSPS) is 0. The van der Waals surface area contributed by atoms with Crippen LogP contribution in [0.25, 0.3) is 0 Å². The predicted molar refractivity (Wildman–Crippen MR) is 23.0 cm³/mol. The Kier molecular flexibility index (Phi) is 95.2. The maximum absolute atomic E-state index is 0. The molecule has 0 aromatic rings. The van der Waals surface area contributed by atoms with E-state index in [1.807, 2.05) is 0 Å². The van der Waals surface area contributed by atoms with Crippen molar-refractivity contribution in [1.82, 2.24) is 0 Å². The summed E-state index contributed by atoms with van der Waals surface area (Å²) in [6, 6.07) is 0. The van der Waals surface area contributed by atoms with E-state index in [2.05, 4.69) is 0 Å². The zero-order valence-corrected chi connectivity index (χ0v) is 16.0. The summed E-state index contributed by atoms with van der Waals surface area (Å²) in [5.41, 5.74) is 0. The summed E-state index contributed by atoms with van der Waals surface area (Å²) in [4.78, 5) is 0. The molecule has 0 aliphatic heterocycles. The van der Waals surface area contributed by atoms with Gasteiger partial charge in [-0.25, -0.2) is 0 Å². The maximum Gasteiger partial charge on any atom is 0 e. The maximum atomic E-state index is 0. The fraction of sp³-hybridized carbons (Fsp3) is 0. The monoisotopic (exact) mass is 715 g/mol. The Balaban J connectivity index is 0. The van der Waals surface area contributed by atoms with Crippen molar-refractivity contribution in [3.63, 3.8) is 0 Å². The fourth-order valence-corrected chi connectivity index (χ4v) is 0. The van der Waals surface area contributed by atoms with Crippen LogP contribution in [-0.2, 0) is 0 Å². The van der Waals surface area contributed by atoms with Gasteiger partial charge in [0.15, 0.2) is 0 Å². The SMILES string of the molecule is [Bi].[Bi].[Bi].[Sr]. The molecule has 0 saturated heterocycles. The zero-order chi connectivity index (χ0) is 0. The van der Waals surface area contributed by atoms with E-state index in [-0.39, 0.29) is 124 Å². The minimum Gasteiger partial charge on any atom is 0 e. The van der Waals surface area contributed by atoms with Gasteiger partial charge in [0.2, 0.25) is 0 Å². The Morgan fingerprint density at radius 1 is 0.500 bits per heavy atom. The van der Waals surface area contributed by atoms with E-state index in [1.54, 1.807) is 0 Å². The molecule has 4 heavy (non-hydrogen) atoms. The van der Waals surface area contributed by atoms with Gasteiger partial charge in [0.25, 0.3) is 0 Å². The van der Waals surface area contributed by atoms with E-state index >= 15 is 0 Å². The molecule has 0 aromatic carbocycles. The molecule has 0 amide bonds. The molecule has 17 valence electrons. The molecule has 0 fully saturated rings. The van der Waals surface area contributed by atoms with Crippen LogP contribution >= 0.6 is 0 Å². The summed E-state index contributed by atoms with van der Waals surface area (Å²) in [6.45, 7) is 0. The van der Waals surface area contributed by atoms with Crippen LogP contribution in [-0.4, -0.2) is 124 Å². The molecule has 11 radical (unpaired) electrons. The number of hydrogen-bond donors (Lipinski definition) is 0. The zero-order valence-electron chi connectivity index (χ0n) is 2.05. The molecule has 0 bridgehead atoms. The topological polar surface area (TPSA) is 0 Å². The smallest absolute Gasteiger partial charge is 0 e. The Morgan fingerprint density at radius 3 is 0.500 bits per heavy atom. The quantitative estimate of drug-likeness (QED) is 0.268. The first-order chi connectivity index (χ1) is 0. The van der Waals surface area contributed by atoms with Crippen molar-refractivity contribution in [2.75, 3.05) is 0 Å². The molecule has 0 aromatic heterocycles. The van der Waals surface area contributed by atoms with Gasteiger partial charge in [0, 0.05) is 124 Å². The van der Waals surface area contributed by atoms with Crippen molar-refractivity contribution in [3.8, 4) is 0 Å². The second-order valence-electron chi connectivity index (χ2n) is 0. The summed E-state index contributed by atoms with van der Waals surface area (Å²) in [7, 11) is 0. The summed E-state index contributed by atoms with van der Waals surface area (Å²) >= 11 is 0. The van der Waals surface area contributed by atoms with E-state index < -0.39 is 0 Å². The van der Waals surface area contributed by atoms with Gasteiger partial charge in [-0.2, -0.15) is 0 Å². The predicted octanol–water partition coefficient (Wildman–Crippen LogP) is -1.52. The van der Waals surface area contributed by atoms with Crippen LogP contribution in [0, 0.1) is 0 Å². The van der Waals surface area contributed by atoms with Gasteiger partial charge in [-0.15, -0.1) is 0 Å². The van der Waals surface area contributed by atoms with Crippen molar-refractivity contribution in [2.45, 2.75) is 0 Å². The van der Waals surface area contributed by atoms with Gasteiger partial charge in [0.1, 0.15) is 0 Å². The van der Waals surface area contributed by atoms with Crippen molar-refractivity contribution in [1.29, 1.82) is 0 Å². The van der Waals surface area contributed by atoms with Crippen molar-refractivity contribution < 1.29 is 0 Å². The number of rotatable bonds is 0. The van der Waals surface area contributed by atoms with E-state index in [0.29, 0.717) is 0 Å². The molecule has 0 aliphatic rings. The van der Waals surface area contributed by atoms with Crippen LogP contribution < -0.4 is 0 Å². The molecule has 4 heteroatoms. The van der Waals surface area contributed by atoms with E-state index in [0.717, 1.165) is 0 Å². The third-order valence-corrected chi connectivity index (χ3v) is 0. The molecule has 0 N–H and O–H groups in total. The average Bonchev–Trinajstić information content (AvgIpc) is 0. The van der Waals surface area contributed by atoms with Crippen LogP contribution in [0.4, 0.5) is 0 Å². The standard InChI is InChI=1S/3Bi.Sr. The van der Waals surface area contributed by atoms with E-state index in [4.69, 9.17) is 0 Å². The van der Waals surface area contributed by atoms with Gasteiger partial charge < -0.3 is 0 Å². The Labute approximate surface area is 121 Å². The molecule has 0 unspecified atom stereocenters. The van der Waals surface area contributed by atoms with E-state index in [9.17, 15) is 0 Å². The summed E-state index contributed by atoms with van der Waals surface area (Å²) in [5.74, 6) is 0. The molecule has 0 heterocycles. The largest absolute Gasteiger partial charge is 0 e. The molecular formula is Bi3Sr. The Morgan fingerprint density at radius 2 is 0.500 bits per heavy atom. The first kappa shape index (κ1) is 24.2. The van der Waals surface area contributed by atoms with Crippen molar-refractivity contribution >= 4 is 124 Å². The number of hydrogen-bond acceptors (Lipinski definition) is 0. The molecule has 0 aliphatic carbocycles. The molecule has 0 nitrogen and oxygen atoms in total. The van der Waals surface area contributed by atoms with Crippen molar-refractivity contribution in [3.05, 3.63) is 0 Å². The first-order valence-corrected chi connectivity index (χ1v) is 0. The third kappa shape index (κ3) is 9.46. The van der Waals surface area contributed by atoms with E-state index in [1.165, 1.54) is 0 Å². The summed E-state index contributed by atoms with van der Waals surface area (Å²) in [5, 5.41) is 0. The Bertz CT molecular complexity index is 3.25. The Hall–Kier alpha value is 4.13. The van der Waals surface area contributed by atoms with Crippen LogP contribution in [0.3, 0.4) is 0 Å². The van der Waals surface area contributed by atoms with Crippen molar-refractivity contribution in [2.24, 2.45) is 0 Å². The molecule has 0 saturated carbocycles. The van der Waals surface area contributed by atoms with Gasteiger partial charge in [-0.1, -0.05) is 0 Å². The van der Waals surface area contributed by atoms with Gasteiger partial charge in [0.05, 0.1) is 0 Å². The van der Waals surface area contributed by atoms with Crippen LogP contribution in [0.1, 0.15) is 0 Å². The minimum absolute atomic E-state index is 0. The average molecular weight is 715 g/mol. The summed E-state index contributed by atoms with van der Waals surface area (Å²) in [6.07, 6.45) is 0. The second-order valence-corrected chi connectivity index (χ2v) is 0. The molecular weight excluding hydrogens is 715 g/mol. The third-order valence-electron chi connectivity index (χ3n) is 0. The minimum atomic E-state index is 0. The van der Waals surface area contributed by atoms with Gasteiger partial charge in [-0.3, -0.25) is 0 Å². The molecule has 0 spiro atoms. The van der Waals surface area contributed by atoms with Gasteiger partial charge >= 0.3 is 0 Å². The fourth-order valence-electron chi connectivity index (χ4n) is 0. The first-order valence-electron chi connectivity index (χ1n) is 0. The second kappa shape index (κ2) is 15.7. The molecule has 0 rings (SSSR count). The van der Waals surface area contributed by atoms with Crippen LogP contribution in [0.15, 0.2) is 0 Å². The van der Waals surface area contributed by atoms with Crippen LogP contribution in [0.2, 0.25) is 0 Å². The van der Waals surface area contributed by atoms with Crippen LogP contribution in [0.5, 0.6) is 0 Å². The van der Waals surface area contributed by atoms with Gasteiger partial charge in [-0.05, 0) is 0 Å². The molecule has 0 atom stereocenters.